The lowest BCUT2D eigenvalue weighted by Gasteiger charge is -2.19. The van der Waals surface area contributed by atoms with Gasteiger partial charge in [-0.1, -0.05) is 12.2 Å². The summed E-state index contributed by atoms with van der Waals surface area (Å²) in [6, 6.07) is 3.77. The molecule has 8 heteroatoms. The predicted octanol–water partition coefficient (Wildman–Crippen LogP) is 3.71. The van der Waals surface area contributed by atoms with Gasteiger partial charge < -0.3 is 20.5 Å². The third kappa shape index (κ3) is 7.98. The number of nitrogen functional groups attached to an aromatic ring is 1. The number of nitrogens with two attached hydrogens (primary N) is 1. The van der Waals surface area contributed by atoms with Crippen molar-refractivity contribution < 1.29 is 27.4 Å². The van der Waals surface area contributed by atoms with E-state index in [9.17, 15) is 18.0 Å². The molecule has 0 radical (unpaired) electrons. The van der Waals surface area contributed by atoms with E-state index in [4.69, 9.17) is 10.5 Å². The van der Waals surface area contributed by atoms with Gasteiger partial charge in [0, 0.05) is 17.8 Å². The number of carbonyl (C=O) groups excluding carboxylic acids is 1. The Morgan fingerprint density at radius 1 is 1.30 bits per heavy atom. The van der Waals surface area contributed by atoms with E-state index in [1.807, 2.05) is 0 Å². The normalized spacial score (nSPS) is 12.3. The van der Waals surface area contributed by atoms with Gasteiger partial charge in [0.05, 0.1) is 0 Å². The maximum absolute atomic E-state index is 12.3. The zero-order chi connectivity index (χ0) is 17.7. The van der Waals surface area contributed by atoms with Crippen LogP contribution in [0.1, 0.15) is 26.3 Å². The van der Waals surface area contributed by atoms with Crippen molar-refractivity contribution in [3.05, 3.63) is 29.8 Å². The minimum absolute atomic E-state index is 0.0785. The first kappa shape index (κ1) is 18.7. The van der Waals surface area contributed by atoms with Gasteiger partial charge in [0.1, 0.15) is 11.4 Å². The lowest BCUT2D eigenvalue weighted by Crippen LogP contribution is -2.32. The third-order valence-corrected chi connectivity index (χ3v) is 2.32. The van der Waals surface area contributed by atoms with Crippen molar-refractivity contribution in [3.8, 4) is 5.75 Å². The lowest BCUT2D eigenvalue weighted by molar-refractivity contribution is -0.274. The number of hydrogen-bond acceptors (Lipinski definition) is 4. The summed E-state index contributed by atoms with van der Waals surface area (Å²) in [5.74, 6) is -0.375. The first-order valence-electron chi connectivity index (χ1n) is 6.75. The van der Waals surface area contributed by atoms with Gasteiger partial charge in [-0.25, -0.2) is 4.79 Å². The summed E-state index contributed by atoms with van der Waals surface area (Å²) < 4.78 is 45.9. The summed E-state index contributed by atoms with van der Waals surface area (Å²) >= 11 is 0. The highest BCUT2D eigenvalue weighted by molar-refractivity contribution is 5.68. The highest BCUT2D eigenvalue weighted by atomic mass is 19.4. The molecule has 0 aromatic heterocycles. The van der Waals surface area contributed by atoms with Crippen molar-refractivity contribution in [3.63, 3.8) is 0 Å². The Morgan fingerprint density at radius 3 is 2.52 bits per heavy atom. The molecule has 0 atom stereocenters. The van der Waals surface area contributed by atoms with Crippen LogP contribution in [0.3, 0.4) is 0 Å². The molecule has 0 aliphatic heterocycles. The number of amides is 1. The van der Waals surface area contributed by atoms with E-state index in [0.717, 1.165) is 6.07 Å². The monoisotopic (exact) mass is 332 g/mol. The number of nitrogens with one attached hydrogen (secondary N) is 1. The molecule has 0 saturated heterocycles. The van der Waals surface area contributed by atoms with Crippen molar-refractivity contribution >= 4 is 17.9 Å². The number of benzene rings is 1. The van der Waals surface area contributed by atoms with Gasteiger partial charge in [-0.3, -0.25) is 0 Å². The molecule has 3 N–H and O–H groups in total. The number of alkyl halides is 3. The fourth-order valence-electron chi connectivity index (χ4n) is 1.56. The molecule has 0 unspecified atom stereocenters. The molecule has 0 bridgehead atoms. The highest BCUT2D eigenvalue weighted by Crippen LogP contribution is 2.28. The number of carbonyl (C=O) groups is 1. The van der Waals surface area contributed by atoms with Crippen LogP contribution in [-0.2, 0) is 4.74 Å². The number of anilines is 1. The summed E-state index contributed by atoms with van der Waals surface area (Å²) in [6.45, 7) is 5.23. The second-order valence-electron chi connectivity index (χ2n) is 5.63. The summed E-state index contributed by atoms with van der Waals surface area (Å²) in [5, 5.41) is 2.45. The fourth-order valence-corrected chi connectivity index (χ4v) is 1.56. The third-order valence-electron chi connectivity index (χ3n) is 2.32. The average Bonchev–Trinajstić information content (AvgIpc) is 2.34. The average molecular weight is 332 g/mol. The largest absolute Gasteiger partial charge is 0.573 e. The Hall–Kier alpha value is -2.38. The summed E-state index contributed by atoms with van der Waals surface area (Å²) in [7, 11) is 0. The van der Waals surface area contributed by atoms with E-state index in [0.29, 0.717) is 5.69 Å². The lowest BCUT2D eigenvalue weighted by atomic mass is 10.1. The SMILES string of the molecule is CC(C)(C)OC(=O)NCC=Cc1cc(N)ccc1OC(F)(F)F. The molecule has 0 spiro atoms. The molecule has 0 saturated carbocycles. The van der Waals surface area contributed by atoms with Crippen molar-refractivity contribution in [2.24, 2.45) is 0 Å². The van der Waals surface area contributed by atoms with Crippen LogP contribution in [0.5, 0.6) is 5.75 Å². The number of rotatable bonds is 4. The topological polar surface area (TPSA) is 73.6 Å². The van der Waals surface area contributed by atoms with Gasteiger partial charge in [0.2, 0.25) is 0 Å². The molecule has 0 heterocycles. The van der Waals surface area contributed by atoms with Crippen LogP contribution in [0, 0.1) is 0 Å². The van der Waals surface area contributed by atoms with E-state index < -0.39 is 18.1 Å². The van der Waals surface area contributed by atoms with E-state index in [-0.39, 0.29) is 17.9 Å². The molecule has 5 nitrogen and oxygen atoms in total. The van der Waals surface area contributed by atoms with Crippen LogP contribution >= 0.6 is 0 Å². The number of halogens is 3. The zero-order valence-corrected chi connectivity index (χ0v) is 13.0. The number of hydrogen-bond donors (Lipinski definition) is 2. The summed E-state index contributed by atoms with van der Waals surface area (Å²) in [5.41, 5.74) is 5.36. The molecule has 0 aliphatic rings. The Morgan fingerprint density at radius 2 is 1.96 bits per heavy atom. The molecular formula is C15H19F3N2O3. The van der Waals surface area contributed by atoms with Crippen molar-refractivity contribution in [2.75, 3.05) is 12.3 Å². The van der Waals surface area contributed by atoms with Gasteiger partial charge in [0.15, 0.2) is 0 Å². The first-order valence-corrected chi connectivity index (χ1v) is 6.75. The smallest absolute Gasteiger partial charge is 0.444 e. The van der Waals surface area contributed by atoms with Crippen LogP contribution in [0.15, 0.2) is 24.3 Å². The maximum atomic E-state index is 12.3. The molecular weight excluding hydrogens is 313 g/mol. The Balaban J connectivity index is 2.69. The minimum Gasteiger partial charge on any atom is -0.444 e. The molecule has 1 rings (SSSR count). The van der Waals surface area contributed by atoms with Gasteiger partial charge in [-0.05, 0) is 39.0 Å². The van der Waals surface area contributed by atoms with E-state index in [1.165, 1.54) is 24.3 Å². The molecule has 1 aromatic rings. The highest BCUT2D eigenvalue weighted by Gasteiger charge is 2.31. The second kappa shape index (κ2) is 7.26. The van der Waals surface area contributed by atoms with E-state index in [1.54, 1.807) is 20.8 Å². The quantitative estimate of drug-likeness (QED) is 0.825. The van der Waals surface area contributed by atoms with E-state index in [2.05, 4.69) is 10.1 Å². The number of ether oxygens (including phenoxy) is 2. The summed E-state index contributed by atoms with van der Waals surface area (Å²) in [6.07, 6.45) is -2.59. The molecule has 23 heavy (non-hydrogen) atoms. The fraction of sp³-hybridized carbons (Fsp3) is 0.400. The van der Waals surface area contributed by atoms with Gasteiger partial charge in [-0.15, -0.1) is 13.2 Å². The molecule has 0 aliphatic carbocycles. The van der Waals surface area contributed by atoms with Crippen LogP contribution in [0.4, 0.5) is 23.7 Å². The van der Waals surface area contributed by atoms with Crippen LogP contribution in [0.25, 0.3) is 6.08 Å². The first-order chi connectivity index (χ1) is 10.5. The van der Waals surface area contributed by atoms with Crippen LogP contribution in [-0.4, -0.2) is 24.6 Å². The molecule has 128 valence electrons. The van der Waals surface area contributed by atoms with E-state index >= 15 is 0 Å². The van der Waals surface area contributed by atoms with Crippen LogP contribution < -0.4 is 15.8 Å². The zero-order valence-electron chi connectivity index (χ0n) is 13.0. The summed E-state index contributed by atoms with van der Waals surface area (Å²) in [4.78, 5) is 11.4. The predicted molar refractivity (Wildman–Crippen MR) is 80.8 cm³/mol. The minimum atomic E-state index is -4.80. The van der Waals surface area contributed by atoms with Crippen molar-refractivity contribution in [1.82, 2.24) is 5.32 Å². The Bertz CT molecular complexity index is 578. The second-order valence-corrected chi connectivity index (χ2v) is 5.63. The standard InChI is InChI=1S/C15H19F3N2O3/c1-14(2,3)23-13(21)20-8-4-5-10-9-11(19)6-7-12(10)22-15(16,17)18/h4-7,9H,8,19H2,1-3H3,(H,20,21). The molecule has 0 fully saturated rings. The molecule has 1 aromatic carbocycles. The molecule has 1 amide bonds. The van der Waals surface area contributed by atoms with Gasteiger partial charge >= 0.3 is 12.5 Å². The van der Waals surface area contributed by atoms with Gasteiger partial charge in [-0.2, -0.15) is 0 Å². The van der Waals surface area contributed by atoms with Crippen molar-refractivity contribution in [1.29, 1.82) is 0 Å². The van der Waals surface area contributed by atoms with Crippen LogP contribution in [0.2, 0.25) is 0 Å². The van der Waals surface area contributed by atoms with Gasteiger partial charge in [0.25, 0.3) is 0 Å². The Labute approximate surface area is 132 Å². The van der Waals surface area contributed by atoms with Crippen molar-refractivity contribution in [2.45, 2.75) is 32.7 Å². The number of alkyl carbamates (subject to hydrolysis) is 1. The Kier molecular flexibility index (Phi) is 5.89. The maximum Gasteiger partial charge on any atom is 0.573 e.